The van der Waals surface area contributed by atoms with E-state index in [1.165, 1.54) is 6.20 Å². The van der Waals surface area contributed by atoms with E-state index >= 15 is 0 Å². The third-order valence-corrected chi connectivity index (χ3v) is 4.40. The zero-order valence-corrected chi connectivity index (χ0v) is 15.1. The molecule has 0 saturated heterocycles. The van der Waals surface area contributed by atoms with Crippen LogP contribution in [0.15, 0.2) is 36.7 Å². The van der Waals surface area contributed by atoms with Gasteiger partial charge in [0.25, 0.3) is 18.2 Å². The summed E-state index contributed by atoms with van der Waals surface area (Å²) < 4.78 is 53.1. The summed E-state index contributed by atoms with van der Waals surface area (Å²) >= 11 is 0.857. The van der Waals surface area contributed by atoms with Crippen LogP contribution in [-0.2, 0) is 0 Å². The maximum atomic E-state index is 14.1. The van der Waals surface area contributed by atoms with Crippen LogP contribution in [0.1, 0.15) is 32.0 Å². The molecule has 150 valence electrons. The van der Waals surface area contributed by atoms with E-state index < -0.39 is 41.1 Å². The van der Waals surface area contributed by atoms with Gasteiger partial charge in [-0.15, -0.1) is 0 Å². The molecule has 0 saturated carbocycles. The fraction of sp³-hybridized carbons (Fsp3) is 0.0588. The van der Waals surface area contributed by atoms with Crippen LogP contribution in [0.2, 0.25) is 0 Å². The number of amides is 2. The average Bonchev–Trinajstić information content (AvgIpc) is 3.10. The van der Waals surface area contributed by atoms with Crippen LogP contribution in [0.3, 0.4) is 0 Å². The van der Waals surface area contributed by atoms with Crippen LogP contribution >= 0.6 is 11.3 Å². The van der Waals surface area contributed by atoms with Crippen LogP contribution in [-0.4, -0.2) is 21.8 Å². The van der Waals surface area contributed by atoms with Crippen molar-refractivity contribution >= 4 is 39.8 Å². The quantitative estimate of drug-likeness (QED) is 0.538. The van der Waals surface area contributed by atoms with Gasteiger partial charge in [-0.05, 0) is 18.2 Å². The SMILES string of the molecule is Nc1ncc(C(=O)Nc2cc(C(=O)Nc3ccc(C(F)F)cn3)c(F)cc2F)s1. The van der Waals surface area contributed by atoms with E-state index in [-0.39, 0.29) is 21.4 Å². The van der Waals surface area contributed by atoms with Crippen LogP contribution in [0.4, 0.5) is 34.2 Å². The zero-order valence-electron chi connectivity index (χ0n) is 14.2. The Balaban J connectivity index is 1.80. The molecule has 0 aliphatic carbocycles. The number of thiazole rings is 1. The molecule has 1 aromatic carbocycles. The zero-order chi connectivity index (χ0) is 21.1. The number of hydrogen-bond acceptors (Lipinski definition) is 6. The summed E-state index contributed by atoms with van der Waals surface area (Å²) in [5.74, 6) is -4.18. The molecule has 4 N–H and O–H groups in total. The second kappa shape index (κ2) is 8.22. The summed E-state index contributed by atoms with van der Waals surface area (Å²) in [5.41, 5.74) is 4.03. The number of nitrogen functional groups attached to an aromatic ring is 1. The minimum Gasteiger partial charge on any atom is -0.375 e. The lowest BCUT2D eigenvalue weighted by Gasteiger charge is -2.10. The number of halogens is 4. The summed E-state index contributed by atoms with van der Waals surface area (Å²) in [7, 11) is 0. The monoisotopic (exact) mass is 425 g/mol. The molecule has 29 heavy (non-hydrogen) atoms. The number of carbonyl (C=O) groups is 2. The number of nitrogens with zero attached hydrogens (tertiary/aromatic N) is 2. The Bertz CT molecular complexity index is 1070. The molecule has 0 atom stereocenters. The Morgan fingerprint density at radius 2 is 1.76 bits per heavy atom. The number of hydrogen-bond donors (Lipinski definition) is 3. The largest absolute Gasteiger partial charge is 0.375 e. The molecule has 12 heteroatoms. The van der Waals surface area contributed by atoms with Crippen molar-refractivity contribution in [2.75, 3.05) is 16.4 Å². The van der Waals surface area contributed by atoms with Gasteiger partial charge in [0.15, 0.2) is 5.13 Å². The van der Waals surface area contributed by atoms with Crippen LogP contribution < -0.4 is 16.4 Å². The molecule has 0 fully saturated rings. The van der Waals surface area contributed by atoms with Crippen LogP contribution in [0.25, 0.3) is 0 Å². The second-order valence-electron chi connectivity index (χ2n) is 5.56. The van der Waals surface area contributed by atoms with Crippen molar-refractivity contribution in [3.8, 4) is 0 Å². The number of carbonyl (C=O) groups excluding carboxylic acids is 2. The van der Waals surface area contributed by atoms with E-state index in [4.69, 9.17) is 5.73 Å². The fourth-order valence-corrected chi connectivity index (χ4v) is 2.77. The summed E-state index contributed by atoms with van der Waals surface area (Å²) in [6.45, 7) is 0. The summed E-state index contributed by atoms with van der Waals surface area (Å²) in [4.78, 5) is 31.8. The van der Waals surface area contributed by atoms with E-state index in [0.717, 1.165) is 35.7 Å². The number of rotatable bonds is 5. The number of nitrogens with one attached hydrogen (secondary N) is 2. The van der Waals surface area contributed by atoms with Crippen molar-refractivity contribution in [3.05, 3.63) is 64.3 Å². The smallest absolute Gasteiger partial charge is 0.267 e. The van der Waals surface area contributed by atoms with E-state index in [1.807, 2.05) is 0 Å². The number of anilines is 3. The summed E-state index contributed by atoms with van der Waals surface area (Å²) in [6.07, 6.45) is -0.700. The molecular weight excluding hydrogens is 414 g/mol. The third kappa shape index (κ3) is 4.66. The molecule has 0 aliphatic heterocycles. The van der Waals surface area contributed by atoms with Gasteiger partial charge < -0.3 is 16.4 Å². The average molecular weight is 425 g/mol. The molecule has 0 unspecified atom stereocenters. The molecule has 3 aromatic rings. The molecule has 0 radical (unpaired) electrons. The minimum atomic E-state index is -2.73. The highest BCUT2D eigenvalue weighted by Crippen LogP contribution is 2.23. The Morgan fingerprint density at radius 1 is 1.00 bits per heavy atom. The van der Waals surface area contributed by atoms with Crippen molar-refractivity contribution in [3.63, 3.8) is 0 Å². The van der Waals surface area contributed by atoms with Crippen molar-refractivity contribution in [1.82, 2.24) is 9.97 Å². The molecule has 2 amide bonds. The topological polar surface area (TPSA) is 110 Å². The first-order valence-electron chi connectivity index (χ1n) is 7.81. The van der Waals surface area contributed by atoms with Gasteiger partial charge in [-0.3, -0.25) is 9.59 Å². The van der Waals surface area contributed by atoms with Gasteiger partial charge in [0, 0.05) is 17.8 Å². The standard InChI is InChI=1S/C17H11F4N5O2S/c18-9-4-10(19)11(25-16(28)12-6-24-17(22)29-12)3-8(9)15(27)26-13-2-1-7(5-23-13)14(20)21/h1-6,14H,(H2,22,24)(H,25,28)(H,23,26,27). The van der Waals surface area contributed by atoms with Gasteiger partial charge in [-0.1, -0.05) is 11.3 Å². The maximum Gasteiger partial charge on any atom is 0.267 e. The molecule has 0 aliphatic rings. The van der Waals surface area contributed by atoms with Crippen LogP contribution in [0, 0.1) is 11.6 Å². The Hall–Kier alpha value is -3.54. The normalized spacial score (nSPS) is 10.8. The molecule has 0 bridgehead atoms. The molecule has 7 nitrogen and oxygen atoms in total. The maximum absolute atomic E-state index is 14.1. The van der Waals surface area contributed by atoms with E-state index in [0.29, 0.717) is 6.07 Å². The summed E-state index contributed by atoms with van der Waals surface area (Å²) in [5, 5.41) is 4.53. The number of alkyl halides is 2. The van der Waals surface area contributed by atoms with E-state index in [1.54, 1.807) is 0 Å². The number of nitrogens with two attached hydrogens (primary N) is 1. The van der Waals surface area contributed by atoms with E-state index in [9.17, 15) is 27.2 Å². The van der Waals surface area contributed by atoms with Crippen molar-refractivity contribution in [2.24, 2.45) is 0 Å². The molecule has 2 heterocycles. The lowest BCUT2D eigenvalue weighted by Crippen LogP contribution is -2.17. The first-order chi connectivity index (χ1) is 13.7. The minimum absolute atomic E-state index is 0.0838. The highest BCUT2D eigenvalue weighted by atomic mass is 32.1. The predicted octanol–water partition coefficient (Wildman–Crippen LogP) is 3.84. The molecule has 0 spiro atoms. The Morgan fingerprint density at radius 3 is 2.34 bits per heavy atom. The highest BCUT2D eigenvalue weighted by molar-refractivity contribution is 7.17. The third-order valence-electron chi connectivity index (χ3n) is 3.58. The van der Waals surface area contributed by atoms with E-state index in [2.05, 4.69) is 20.6 Å². The Kier molecular flexibility index (Phi) is 5.73. The lowest BCUT2D eigenvalue weighted by molar-refractivity contribution is 0.101. The summed E-state index contributed by atoms with van der Waals surface area (Å²) in [6, 6.07) is 3.38. The molecule has 3 rings (SSSR count). The van der Waals surface area contributed by atoms with Crippen molar-refractivity contribution < 1.29 is 27.2 Å². The lowest BCUT2D eigenvalue weighted by atomic mass is 10.1. The predicted molar refractivity (Wildman–Crippen MR) is 98.0 cm³/mol. The highest BCUT2D eigenvalue weighted by Gasteiger charge is 2.19. The first kappa shape index (κ1) is 20.2. The first-order valence-corrected chi connectivity index (χ1v) is 8.63. The van der Waals surface area contributed by atoms with Crippen LogP contribution in [0.5, 0.6) is 0 Å². The van der Waals surface area contributed by atoms with Gasteiger partial charge in [0.2, 0.25) is 0 Å². The molecule has 2 aromatic heterocycles. The van der Waals surface area contributed by atoms with Crippen molar-refractivity contribution in [1.29, 1.82) is 0 Å². The fourth-order valence-electron chi connectivity index (χ4n) is 2.19. The second-order valence-corrected chi connectivity index (χ2v) is 6.62. The number of aromatic nitrogens is 2. The van der Waals surface area contributed by atoms with Crippen molar-refractivity contribution in [2.45, 2.75) is 6.43 Å². The molecular formula is C17H11F4N5O2S. The number of pyridine rings is 1. The van der Waals surface area contributed by atoms with Gasteiger partial charge >= 0.3 is 0 Å². The Labute approximate surface area is 164 Å². The van der Waals surface area contributed by atoms with Gasteiger partial charge in [-0.2, -0.15) is 0 Å². The van der Waals surface area contributed by atoms with Gasteiger partial charge in [0.1, 0.15) is 22.3 Å². The number of benzene rings is 1. The van der Waals surface area contributed by atoms with Gasteiger partial charge in [-0.25, -0.2) is 27.5 Å². The van der Waals surface area contributed by atoms with Gasteiger partial charge in [0.05, 0.1) is 17.4 Å².